The first-order chi connectivity index (χ1) is 15.2. The van der Waals surface area contributed by atoms with E-state index in [1.807, 2.05) is 13.0 Å². The average Bonchev–Trinajstić information content (AvgIpc) is 3.36. The van der Waals surface area contributed by atoms with Crippen LogP contribution in [0.3, 0.4) is 0 Å². The number of carbonyl (C=O) groups is 1. The molecule has 0 aliphatic heterocycles. The van der Waals surface area contributed by atoms with Crippen molar-refractivity contribution in [1.29, 1.82) is 0 Å². The molecule has 0 aliphatic carbocycles. The molecule has 0 unspecified atom stereocenters. The molecule has 3 aromatic heterocycles. The molecule has 1 aromatic carbocycles. The van der Waals surface area contributed by atoms with Gasteiger partial charge in [-0.25, -0.2) is 14.8 Å². The Morgan fingerprint density at radius 3 is 2.59 bits per heavy atom. The quantitative estimate of drug-likeness (QED) is 0.460. The number of hydrogen-bond donors (Lipinski definition) is 1. The lowest BCUT2D eigenvalue weighted by atomic mass is 10.1. The SMILES string of the molecule is CCc1sc(NC(=O)Cn2cnc3c2c(=O)n(C)c(=O)n3C)nc1-c1ccc(Cl)c(Cl)c1. The summed E-state index contributed by atoms with van der Waals surface area (Å²) in [6, 6.07) is 5.27. The Kier molecular flexibility index (Phi) is 5.93. The van der Waals surface area contributed by atoms with Gasteiger partial charge in [-0.1, -0.05) is 36.2 Å². The Hall–Kier alpha value is -2.95. The lowest BCUT2D eigenvalue weighted by Gasteiger charge is -2.06. The number of nitrogens with zero attached hydrogens (tertiary/aromatic N) is 5. The molecule has 4 rings (SSSR count). The highest BCUT2D eigenvalue weighted by atomic mass is 35.5. The number of anilines is 1. The van der Waals surface area contributed by atoms with Gasteiger partial charge >= 0.3 is 5.69 Å². The van der Waals surface area contributed by atoms with Crippen molar-refractivity contribution in [3.63, 3.8) is 0 Å². The second-order valence-electron chi connectivity index (χ2n) is 7.07. The largest absolute Gasteiger partial charge is 0.332 e. The van der Waals surface area contributed by atoms with Crippen molar-refractivity contribution in [3.05, 3.63) is 60.3 Å². The molecule has 0 aliphatic rings. The van der Waals surface area contributed by atoms with Crippen molar-refractivity contribution >= 4 is 56.7 Å². The summed E-state index contributed by atoms with van der Waals surface area (Å²) in [5.74, 6) is -0.378. The predicted octanol–water partition coefficient (Wildman–Crippen LogP) is 3.07. The van der Waals surface area contributed by atoms with Gasteiger partial charge in [0.1, 0.15) is 6.54 Å². The molecule has 0 saturated carbocycles. The lowest BCUT2D eigenvalue weighted by Crippen LogP contribution is -2.37. The van der Waals surface area contributed by atoms with Gasteiger partial charge in [0.15, 0.2) is 16.3 Å². The highest BCUT2D eigenvalue weighted by Crippen LogP contribution is 2.34. The van der Waals surface area contributed by atoms with Crippen LogP contribution in [0.2, 0.25) is 10.0 Å². The molecule has 12 heteroatoms. The van der Waals surface area contributed by atoms with E-state index in [4.69, 9.17) is 23.2 Å². The number of aromatic nitrogens is 5. The molecular formula is C20H18Cl2N6O3S. The normalized spacial score (nSPS) is 11.3. The fourth-order valence-corrected chi connectivity index (χ4v) is 4.58. The molecule has 0 atom stereocenters. The molecule has 166 valence electrons. The molecule has 3 heterocycles. The monoisotopic (exact) mass is 492 g/mol. The van der Waals surface area contributed by atoms with Crippen molar-refractivity contribution in [2.24, 2.45) is 14.1 Å². The van der Waals surface area contributed by atoms with Crippen LogP contribution in [0.15, 0.2) is 34.1 Å². The van der Waals surface area contributed by atoms with Crippen molar-refractivity contribution in [2.45, 2.75) is 19.9 Å². The minimum Gasteiger partial charge on any atom is -0.315 e. The van der Waals surface area contributed by atoms with E-state index in [1.165, 1.54) is 40.9 Å². The predicted molar refractivity (Wildman–Crippen MR) is 126 cm³/mol. The first-order valence-corrected chi connectivity index (χ1v) is 11.1. The van der Waals surface area contributed by atoms with E-state index in [0.29, 0.717) is 15.2 Å². The first-order valence-electron chi connectivity index (χ1n) is 9.57. The van der Waals surface area contributed by atoms with Gasteiger partial charge in [0.25, 0.3) is 5.56 Å². The van der Waals surface area contributed by atoms with E-state index in [2.05, 4.69) is 15.3 Å². The molecule has 1 amide bonds. The molecule has 0 saturated heterocycles. The van der Waals surface area contributed by atoms with E-state index in [9.17, 15) is 14.4 Å². The van der Waals surface area contributed by atoms with E-state index < -0.39 is 11.2 Å². The average molecular weight is 493 g/mol. The van der Waals surface area contributed by atoms with Crippen molar-refractivity contribution in [1.82, 2.24) is 23.7 Å². The number of nitrogens with one attached hydrogen (secondary N) is 1. The zero-order valence-corrected chi connectivity index (χ0v) is 19.7. The van der Waals surface area contributed by atoms with Gasteiger partial charge in [-0.15, -0.1) is 11.3 Å². The van der Waals surface area contributed by atoms with Crippen LogP contribution in [-0.2, 0) is 31.9 Å². The summed E-state index contributed by atoms with van der Waals surface area (Å²) in [4.78, 5) is 47.0. The number of benzene rings is 1. The number of fused-ring (bicyclic) bond motifs is 1. The number of imidazole rings is 1. The minimum absolute atomic E-state index is 0.160. The second kappa shape index (κ2) is 8.53. The van der Waals surface area contributed by atoms with Gasteiger partial charge in [0, 0.05) is 24.5 Å². The number of halogens is 2. The van der Waals surface area contributed by atoms with Crippen LogP contribution in [0.1, 0.15) is 11.8 Å². The second-order valence-corrected chi connectivity index (χ2v) is 8.97. The smallest absolute Gasteiger partial charge is 0.315 e. The number of thiazole rings is 1. The summed E-state index contributed by atoms with van der Waals surface area (Å²) in [7, 11) is 2.90. The minimum atomic E-state index is -0.516. The van der Waals surface area contributed by atoms with Gasteiger partial charge in [0.2, 0.25) is 5.91 Å². The van der Waals surface area contributed by atoms with Crippen LogP contribution in [0.5, 0.6) is 0 Å². The molecule has 0 radical (unpaired) electrons. The summed E-state index contributed by atoms with van der Waals surface area (Å²) in [6.45, 7) is 1.84. The highest BCUT2D eigenvalue weighted by molar-refractivity contribution is 7.16. The summed E-state index contributed by atoms with van der Waals surface area (Å²) < 4.78 is 3.67. The fourth-order valence-electron chi connectivity index (χ4n) is 3.34. The van der Waals surface area contributed by atoms with Crippen molar-refractivity contribution in [2.75, 3.05) is 5.32 Å². The zero-order valence-electron chi connectivity index (χ0n) is 17.3. The standard InChI is InChI=1S/C20H18Cl2N6O3S/c1-4-13-15(10-5-6-11(21)12(22)7-10)25-19(32-13)24-14(29)8-28-9-23-17-16(28)18(30)27(3)20(31)26(17)2/h5-7,9H,4,8H2,1-3H3,(H,24,25,29). The number of amides is 1. The van der Waals surface area contributed by atoms with Crippen LogP contribution in [-0.4, -0.2) is 29.6 Å². The summed E-state index contributed by atoms with van der Waals surface area (Å²) in [5.41, 5.74) is 0.922. The molecule has 0 fully saturated rings. The van der Waals surface area contributed by atoms with Gasteiger partial charge < -0.3 is 9.88 Å². The molecular weight excluding hydrogens is 475 g/mol. The Balaban J connectivity index is 1.62. The van der Waals surface area contributed by atoms with Crippen molar-refractivity contribution < 1.29 is 4.79 Å². The van der Waals surface area contributed by atoms with E-state index in [1.54, 1.807) is 12.1 Å². The first kappa shape index (κ1) is 22.3. The Morgan fingerprint density at radius 1 is 1.16 bits per heavy atom. The topological polar surface area (TPSA) is 104 Å². The maximum absolute atomic E-state index is 12.7. The molecule has 0 bridgehead atoms. The molecule has 32 heavy (non-hydrogen) atoms. The third kappa shape index (κ3) is 3.85. The van der Waals surface area contributed by atoms with Gasteiger partial charge in [-0.05, 0) is 18.6 Å². The molecule has 1 N–H and O–H groups in total. The third-order valence-electron chi connectivity index (χ3n) is 4.99. The van der Waals surface area contributed by atoms with Gasteiger partial charge in [-0.2, -0.15) is 0 Å². The Morgan fingerprint density at radius 2 is 1.91 bits per heavy atom. The van der Waals surface area contributed by atoms with E-state index >= 15 is 0 Å². The van der Waals surface area contributed by atoms with Crippen LogP contribution < -0.4 is 16.6 Å². The van der Waals surface area contributed by atoms with Crippen LogP contribution in [0.25, 0.3) is 22.4 Å². The molecule has 4 aromatic rings. The Bertz CT molecular complexity index is 1480. The van der Waals surface area contributed by atoms with Gasteiger partial charge in [-0.3, -0.25) is 18.7 Å². The summed E-state index contributed by atoms with van der Waals surface area (Å²) >= 11 is 13.5. The maximum atomic E-state index is 12.7. The van der Waals surface area contributed by atoms with Crippen LogP contribution in [0.4, 0.5) is 5.13 Å². The lowest BCUT2D eigenvalue weighted by molar-refractivity contribution is -0.116. The zero-order chi connectivity index (χ0) is 23.2. The van der Waals surface area contributed by atoms with Crippen molar-refractivity contribution in [3.8, 4) is 11.3 Å². The number of hydrogen-bond acceptors (Lipinski definition) is 6. The fraction of sp³-hybridized carbons (Fsp3) is 0.250. The third-order valence-corrected chi connectivity index (χ3v) is 6.84. The number of rotatable bonds is 5. The highest BCUT2D eigenvalue weighted by Gasteiger charge is 2.18. The van der Waals surface area contributed by atoms with Crippen LogP contribution >= 0.6 is 34.5 Å². The maximum Gasteiger partial charge on any atom is 0.332 e. The Labute approximate surface area is 195 Å². The summed E-state index contributed by atoms with van der Waals surface area (Å²) in [6.07, 6.45) is 2.09. The van der Waals surface area contributed by atoms with Crippen LogP contribution in [0, 0.1) is 0 Å². The van der Waals surface area contributed by atoms with Gasteiger partial charge in [0.05, 0.1) is 22.1 Å². The number of aryl methyl sites for hydroxylation is 2. The molecule has 9 nitrogen and oxygen atoms in total. The van der Waals surface area contributed by atoms with E-state index in [0.717, 1.165) is 27.1 Å². The summed E-state index contributed by atoms with van der Waals surface area (Å²) in [5, 5.41) is 4.08. The van der Waals surface area contributed by atoms with E-state index in [-0.39, 0.29) is 23.6 Å². The molecule has 0 spiro atoms. The number of carbonyl (C=O) groups excluding carboxylic acids is 1.